The largest absolute Gasteiger partial charge is 0.289 e. The predicted octanol–water partition coefficient (Wildman–Crippen LogP) is 3.90. The lowest BCUT2D eigenvalue weighted by Gasteiger charge is -2.09. The second-order valence-corrected chi connectivity index (χ2v) is 3.98. The zero-order valence-corrected chi connectivity index (χ0v) is 9.86. The van der Waals surface area contributed by atoms with Crippen molar-refractivity contribution in [3.05, 3.63) is 64.4 Å². The minimum Gasteiger partial charge on any atom is -0.289 e. The Balaban J connectivity index is 2.54. The lowest BCUT2D eigenvalue weighted by atomic mass is 9.99. The maximum absolute atomic E-state index is 12.9. The quantitative estimate of drug-likeness (QED) is 0.790. The van der Waals surface area contributed by atoms with Gasteiger partial charge in [0.05, 0.1) is 10.6 Å². The molecule has 1 aromatic carbocycles. The molecule has 0 N–H and O–H groups in total. The second-order valence-electron chi connectivity index (χ2n) is 3.57. The number of rotatable bonds is 3. The van der Waals surface area contributed by atoms with Gasteiger partial charge in [0.25, 0.3) is 6.43 Å². The average Bonchev–Trinajstić information content (AvgIpc) is 2.38. The fraction of sp³-hybridized carbons (Fsp3) is 0.0769. The predicted molar refractivity (Wildman–Crippen MR) is 64.1 cm³/mol. The lowest BCUT2D eigenvalue weighted by Crippen LogP contribution is -2.07. The van der Waals surface area contributed by atoms with Gasteiger partial charge >= 0.3 is 0 Å². The van der Waals surface area contributed by atoms with E-state index in [1.807, 2.05) is 0 Å². The van der Waals surface area contributed by atoms with Crippen molar-refractivity contribution < 1.29 is 13.6 Å². The molecule has 1 heterocycles. The van der Waals surface area contributed by atoms with Crippen molar-refractivity contribution >= 4 is 17.4 Å². The number of alkyl halides is 2. The maximum atomic E-state index is 12.9. The van der Waals surface area contributed by atoms with E-state index in [2.05, 4.69) is 4.98 Å². The second kappa shape index (κ2) is 5.23. The smallest absolute Gasteiger partial charge is 0.264 e. The Morgan fingerprint density at radius 3 is 2.44 bits per heavy atom. The number of hydrogen-bond acceptors (Lipinski definition) is 2. The molecule has 0 saturated heterocycles. The van der Waals surface area contributed by atoms with E-state index in [1.165, 1.54) is 42.7 Å². The van der Waals surface area contributed by atoms with Crippen LogP contribution >= 0.6 is 11.6 Å². The first kappa shape index (κ1) is 12.6. The minimum absolute atomic E-state index is 0.0228. The van der Waals surface area contributed by atoms with E-state index >= 15 is 0 Å². The van der Waals surface area contributed by atoms with Crippen LogP contribution in [0.1, 0.15) is 27.9 Å². The third kappa shape index (κ3) is 2.38. The molecule has 18 heavy (non-hydrogen) atoms. The van der Waals surface area contributed by atoms with Crippen LogP contribution in [0.3, 0.4) is 0 Å². The molecule has 0 aliphatic rings. The summed E-state index contributed by atoms with van der Waals surface area (Å²) >= 11 is 5.85. The van der Waals surface area contributed by atoms with Crippen LogP contribution < -0.4 is 0 Å². The number of pyridine rings is 1. The highest BCUT2D eigenvalue weighted by Gasteiger charge is 2.21. The molecule has 0 radical (unpaired) electrons. The van der Waals surface area contributed by atoms with E-state index in [0.717, 1.165) is 0 Å². The summed E-state index contributed by atoms with van der Waals surface area (Å²) in [6.07, 6.45) is 0.0996. The van der Waals surface area contributed by atoms with Gasteiger partial charge in [-0.2, -0.15) is 0 Å². The Morgan fingerprint density at radius 2 is 1.83 bits per heavy atom. The highest BCUT2D eigenvalue weighted by molar-refractivity contribution is 6.35. The van der Waals surface area contributed by atoms with E-state index in [0.29, 0.717) is 0 Å². The van der Waals surface area contributed by atoms with Gasteiger partial charge in [0.2, 0.25) is 0 Å². The van der Waals surface area contributed by atoms with Crippen LogP contribution in [-0.2, 0) is 0 Å². The SMILES string of the molecule is O=C(c1ccncc1)c1c(Cl)cccc1C(F)F. The van der Waals surface area contributed by atoms with Gasteiger partial charge in [-0.05, 0) is 18.2 Å². The summed E-state index contributed by atoms with van der Waals surface area (Å²) in [5.41, 5.74) is -0.232. The number of nitrogens with zero attached hydrogens (tertiary/aromatic N) is 1. The Kier molecular flexibility index (Phi) is 3.67. The molecule has 2 rings (SSSR count). The minimum atomic E-state index is -2.75. The first-order valence-electron chi connectivity index (χ1n) is 5.12. The highest BCUT2D eigenvalue weighted by atomic mass is 35.5. The molecular formula is C13H8ClF2NO. The molecule has 92 valence electrons. The van der Waals surface area contributed by atoms with Gasteiger partial charge in [0.1, 0.15) is 0 Å². The number of ketones is 1. The van der Waals surface area contributed by atoms with Crippen LogP contribution in [0.2, 0.25) is 5.02 Å². The van der Waals surface area contributed by atoms with Crippen LogP contribution in [0.4, 0.5) is 8.78 Å². The average molecular weight is 268 g/mol. The van der Waals surface area contributed by atoms with Gasteiger partial charge in [0, 0.05) is 23.5 Å². The van der Waals surface area contributed by atoms with Crippen LogP contribution in [-0.4, -0.2) is 10.8 Å². The van der Waals surface area contributed by atoms with Crippen LogP contribution in [0, 0.1) is 0 Å². The van der Waals surface area contributed by atoms with Gasteiger partial charge in [-0.1, -0.05) is 23.7 Å². The molecule has 1 aromatic heterocycles. The van der Waals surface area contributed by atoms with Gasteiger partial charge < -0.3 is 0 Å². The fourth-order valence-corrected chi connectivity index (χ4v) is 1.88. The van der Waals surface area contributed by atoms with E-state index in [-0.39, 0.29) is 21.7 Å². The molecule has 0 fully saturated rings. The molecule has 0 aliphatic heterocycles. The van der Waals surface area contributed by atoms with E-state index in [4.69, 9.17) is 11.6 Å². The summed E-state index contributed by atoms with van der Waals surface area (Å²) < 4.78 is 25.7. The van der Waals surface area contributed by atoms with Crippen molar-refractivity contribution in [1.29, 1.82) is 0 Å². The summed E-state index contributed by atoms with van der Waals surface area (Å²) in [6, 6.07) is 6.93. The molecule has 0 saturated carbocycles. The number of carbonyl (C=O) groups is 1. The Hall–Kier alpha value is -1.81. The summed E-state index contributed by atoms with van der Waals surface area (Å²) in [6.45, 7) is 0. The van der Waals surface area contributed by atoms with Crippen molar-refractivity contribution in [2.75, 3.05) is 0 Å². The number of halogens is 3. The zero-order chi connectivity index (χ0) is 13.1. The number of carbonyl (C=O) groups excluding carboxylic acids is 1. The van der Waals surface area contributed by atoms with Gasteiger partial charge in [0.15, 0.2) is 5.78 Å². The number of benzene rings is 1. The van der Waals surface area contributed by atoms with Crippen LogP contribution in [0.5, 0.6) is 0 Å². The van der Waals surface area contributed by atoms with Gasteiger partial charge in [-0.25, -0.2) is 8.78 Å². The molecule has 0 bridgehead atoms. The van der Waals surface area contributed by atoms with Crippen LogP contribution in [0.25, 0.3) is 0 Å². The maximum Gasteiger partial charge on any atom is 0.264 e. The molecule has 0 unspecified atom stereocenters. The van der Waals surface area contributed by atoms with E-state index in [9.17, 15) is 13.6 Å². The number of aromatic nitrogens is 1. The lowest BCUT2D eigenvalue weighted by molar-refractivity contribution is 0.102. The third-order valence-corrected chi connectivity index (χ3v) is 2.77. The molecule has 2 nitrogen and oxygen atoms in total. The Labute approximate surface area is 107 Å². The molecule has 0 amide bonds. The zero-order valence-electron chi connectivity index (χ0n) is 9.11. The van der Waals surface area contributed by atoms with Crippen molar-refractivity contribution in [3.8, 4) is 0 Å². The van der Waals surface area contributed by atoms with Crippen molar-refractivity contribution in [3.63, 3.8) is 0 Å². The van der Waals surface area contributed by atoms with Crippen LogP contribution in [0.15, 0.2) is 42.7 Å². The first-order valence-corrected chi connectivity index (χ1v) is 5.50. The summed E-state index contributed by atoms with van der Waals surface area (Å²) in [7, 11) is 0. The van der Waals surface area contributed by atoms with Crippen molar-refractivity contribution in [1.82, 2.24) is 4.98 Å². The molecule has 0 atom stereocenters. The Morgan fingerprint density at radius 1 is 1.17 bits per heavy atom. The first-order chi connectivity index (χ1) is 8.61. The summed E-state index contributed by atoms with van der Waals surface area (Å²) in [4.78, 5) is 15.9. The van der Waals surface area contributed by atoms with E-state index < -0.39 is 12.2 Å². The fourth-order valence-electron chi connectivity index (χ4n) is 1.61. The topological polar surface area (TPSA) is 30.0 Å². The van der Waals surface area contributed by atoms with Gasteiger partial charge in [-0.3, -0.25) is 9.78 Å². The normalized spacial score (nSPS) is 10.7. The monoisotopic (exact) mass is 267 g/mol. The van der Waals surface area contributed by atoms with Crippen molar-refractivity contribution in [2.24, 2.45) is 0 Å². The van der Waals surface area contributed by atoms with E-state index in [1.54, 1.807) is 0 Å². The molecule has 5 heteroatoms. The standard InChI is InChI=1S/C13H8ClF2NO/c14-10-3-1-2-9(13(15)16)11(10)12(18)8-4-6-17-7-5-8/h1-7,13H. The molecule has 0 spiro atoms. The van der Waals surface area contributed by atoms with Gasteiger partial charge in [-0.15, -0.1) is 0 Å². The molecule has 2 aromatic rings. The summed E-state index contributed by atoms with van der Waals surface area (Å²) in [5, 5.41) is 0.0228. The third-order valence-electron chi connectivity index (χ3n) is 2.45. The highest BCUT2D eigenvalue weighted by Crippen LogP contribution is 2.30. The Bertz CT molecular complexity index is 572. The molecule has 0 aliphatic carbocycles. The number of hydrogen-bond donors (Lipinski definition) is 0. The van der Waals surface area contributed by atoms with Crippen molar-refractivity contribution in [2.45, 2.75) is 6.43 Å². The summed E-state index contributed by atoms with van der Waals surface area (Å²) in [5.74, 6) is -0.529. The molecular weight excluding hydrogens is 260 g/mol.